The predicted molar refractivity (Wildman–Crippen MR) is 116 cm³/mol. The fraction of sp³-hybridized carbons (Fsp3) is 0.478. The Hall–Kier alpha value is -3.30. The topological polar surface area (TPSA) is 91.7 Å². The summed E-state index contributed by atoms with van der Waals surface area (Å²) in [7, 11) is 0. The van der Waals surface area contributed by atoms with Gasteiger partial charge in [0, 0.05) is 25.0 Å². The summed E-state index contributed by atoms with van der Waals surface area (Å²) in [6.45, 7) is 5.08. The van der Waals surface area contributed by atoms with Gasteiger partial charge in [-0.2, -0.15) is 10.2 Å². The lowest BCUT2D eigenvalue weighted by atomic mass is 10.2. The lowest BCUT2D eigenvalue weighted by Gasteiger charge is -2.21. The molecule has 1 aliphatic heterocycles. The Bertz CT molecular complexity index is 1240. The number of aromatic amines is 1. The number of H-pyrrole nitrogens is 1. The lowest BCUT2D eigenvalue weighted by molar-refractivity contribution is 0.0796. The van der Waals surface area contributed by atoms with E-state index in [2.05, 4.69) is 25.6 Å². The molecule has 33 heavy (non-hydrogen) atoms. The van der Waals surface area contributed by atoms with Crippen molar-refractivity contribution in [3.05, 3.63) is 58.3 Å². The summed E-state index contributed by atoms with van der Waals surface area (Å²) in [5, 5.41) is 14.7. The van der Waals surface area contributed by atoms with Crippen molar-refractivity contribution in [1.82, 2.24) is 30.3 Å². The molecule has 1 saturated carbocycles. The first-order valence-electron chi connectivity index (χ1n) is 11.3. The number of piperidine rings is 1. The van der Waals surface area contributed by atoms with Gasteiger partial charge < -0.3 is 10.2 Å². The predicted octanol–water partition coefficient (Wildman–Crippen LogP) is 2.78. The van der Waals surface area contributed by atoms with Gasteiger partial charge >= 0.3 is 0 Å². The Balaban J connectivity index is 1.10. The van der Waals surface area contributed by atoms with E-state index in [0.29, 0.717) is 25.2 Å². The van der Waals surface area contributed by atoms with Crippen LogP contribution in [-0.4, -0.2) is 49.9 Å². The van der Waals surface area contributed by atoms with Gasteiger partial charge in [0.2, 0.25) is 0 Å². The fourth-order valence-electron chi connectivity index (χ4n) is 5.25. The maximum absolute atomic E-state index is 13.5. The summed E-state index contributed by atoms with van der Waals surface area (Å²) in [6.07, 6.45) is 5.06. The van der Waals surface area contributed by atoms with E-state index < -0.39 is 17.8 Å². The van der Waals surface area contributed by atoms with Gasteiger partial charge in [-0.15, -0.1) is 0 Å². The van der Waals surface area contributed by atoms with Crippen molar-refractivity contribution in [2.75, 3.05) is 18.0 Å². The van der Waals surface area contributed by atoms with Crippen molar-refractivity contribution in [2.24, 2.45) is 11.8 Å². The summed E-state index contributed by atoms with van der Waals surface area (Å²) in [6, 6.07) is 3.78. The minimum atomic E-state index is -2.49. The molecule has 4 heterocycles. The Morgan fingerprint density at radius 3 is 2.79 bits per heavy atom. The number of rotatable bonds is 5. The molecule has 0 radical (unpaired) electrons. The first kappa shape index (κ1) is 20.3. The second-order valence-electron chi connectivity index (χ2n) is 9.40. The maximum Gasteiger partial charge on any atom is 0.258 e. The maximum atomic E-state index is 13.5. The number of carbonyl (C=O) groups is 1. The van der Waals surface area contributed by atoms with Gasteiger partial charge in [0.05, 0.1) is 47.6 Å². The third kappa shape index (κ3) is 3.30. The molecular weight excluding hydrogens is 428 g/mol. The molecule has 2 unspecified atom stereocenters. The third-order valence-electron chi connectivity index (χ3n) is 7.37. The largest absolute Gasteiger partial charge is 0.356 e. The summed E-state index contributed by atoms with van der Waals surface area (Å²) >= 11 is 0. The summed E-state index contributed by atoms with van der Waals surface area (Å²) in [4.78, 5) is 19.3. The molecular formula is C23H25F2N7O. The normalized spacial score (nSPS) is 24.6. The molecule has 0 bridgehead atoms. The Kier molecular flexibility index (Phi) is 4.37. The smallest absolute Gasteiger partial charge is 0.258 e. The molecule has 172 valence electrons. The molecule has 3 aromatic rings. The minimum Gasteiger partial charge on any atom is -0.356 e. The minimum absolute atomic E-state index is 0.0624. The lowest BCUT2D eigenvalue weighted by Crippen LogP contribution is -2.28. The Morgan fingerprint density at radius 1 is 1.24 bits per heavy atom. The van der Waals surface area contributed by atoms with E-state index >= 15 is 0 Å². The average molecular weight is 453 g/mol. The van der Waals surface area contributed by atoms with Crippen LogP contribution in [0.5, 0.6) is 0 Å². The highest BCUT2D eigenvalue weighted by molar-refractivity contribution is 5.94. The van der Waals surface area contributed by atoms with Crippen LogP contribution >= 0.6 is 0 Å². The van der Waals surface area contributed by atoms with E-state index in [0.717, 1.165) is 41.3 Å². The first-order chi connectivity index (χ1) is 15.8. The Morgan fingerprint density at radius 2 is 2.03 bits per heavy atom. The van der Waals surface area contributed by atoms with Gasteiger partial charge in [0.1, 0.15) is 5.82 Å². The van der Waals surface area contributed by atoms with Crippen molar-refractivity contribution in [1.29, 1.82) is 0 Å². The average Bonchev–Trinajstić information content (AvgIpc) is 3.41. The zero-order valence-corrected chi connectivity index (χ0v) is 18.5. The standard InChI is InChI=1S/C23H25F2N7O/c1-12-14(3-6-20(27-12)31-10-17-18(11-31)23(17,24)25)8-32-9-15(7-26-32)22(33)28-19-5-4-16-13(2)29-30-21(16)19/h3,6-7,9,17-19H,4-5,8,10-11H2,1-2H3,(H,28,33)(H,29,30)/t17?,18?,19-/m0/s1. The van der Waals surface area contributed by atoms with Gasteiger partial charge in [0.25, 0.3) is 11.8 Å². The van der Waals surface area contributed by atoms with Crippen LogP contribution in [0.15, 0.2) is 24.5 Å². The monoisotopic (exact) mass is 453 g/mol. The van der Waals surface area contributed by atoms with E-state index in [1.54, 1.807) is 17.1 Å². The van der Waals surface area contributed by atoms with Crippen LogP contribution in [0, 0.1) is 25.7 Å². The van der Waals surface area contributed by atoms with Crippen LogP contribution < -0.4 is 10.2 Å². The van der Waals surface area contributed by atoms with Gasteiger partial charge in [-0.25, -0.2) is 13.8 Å². The van der Waals surface area contributed by atoms with Crippen molar-refractivity contribution in [2.45, 2.75) is 45.2 Å². The van der Waals surface area contributed by atoms with Gasteiger partial charge in [-0.1, -0.05) is 6.07 Å². The molecule has 1 saturated heterocycles. The molecule has 10 heteroatoms. The molecule has 2 N–H and O–H groups in total. The van der Waals surface area contributed by atoms with Crippen molar-refractivity contribution in [3.8, 4) is 0 Å². The van der Waals surface area contributed by atoms with Crippen molar-refractivity contribution in [3.63, 3.8) is 0 Å². The number of nitrogens with one attached hydrogen (secondary N) is 2. The van der Waals surface area contributed by atoms with Crippen LogP contribution in [-0.2, 0) is 13.0 Å². The highest BCUT2D eigenvalue weighted by atomic mass is 19.3. The first-order valence-corrected chi connectivity index (χ1v) is 11.3. The number of alkyl halides is 2. The van der Waals surface area contributed by atoms with Crippen molar-refractivity contribution < 1.29 is 13.6 Å². The second kappa shape index (κ2) is 7.10. The van der Waals surface area contributed by atoms with Gasteiger partial charge in [0.15, 0.2) is 0 Å². The van der Waals surface area contributed by atoms with Gasteiger partial charge in [-0.3, -0.25) is 14.6 Å². The zero-order chi connectivity index (χ0) is 22.9. The van der Waals surface area contributed by atoms with Crippen LogP contribution in [0.2, 0.25) is 0 Å². The number of amides is 1. The number of nitrogens with zero attached hydrogens (tertiary/aromatic N) is 5. The van der Waals surface area contributed by atoms with E-state index in [1.807, 2.05) is 30.9 Å². The quantitative estimate of drug-likeness (QED) is 0.620. The van der Waals surface area contributed by atoms with Crippen molar-refractivity contribution >= 4 is 11.7 Å². The SMILES string of the molecule is Cc1nc(N2CC3C(C2)C3(F)F)ccc1Cn1cc(C(=O)N[C@H]2CCc3c(C)n[nH]c32)cn1. The van der Waals surface area contributed by atoms with E-state index in [-0.39, 0.29) is 11.9 Å². The third-order valence-corrected chi connectivity index (χ3v) is 7.37. The molecule has 2 aliphatic carbocycles. The number of carbonyl (C=O) groups excluding carboxylic acids is 1. The summed E-state index contributed by atoms with van der Waals surface area (Å²) < 4.78 is 28.6. The number of hydrogen-bond donors (Lipinski definition) is 2. The van der Waals surface area contributed by atoms with Crippen LogP contribution in [0.25, 0.3) is 0 Å². The van der Waals surface area contributed by atoms with Crippen LogP contribution in [0.4, 0.5) is 14.6 Å². The molecule has 3 aliphatic rings. The zero-order valence-electron chi connectivity index (χ0n) is 18.5. The molecule has 3 aromatic heterocycles. The number of hydrogen-bond acceptors (Lipinski definition) is 5. The highest BCUT2D eigenvalue weighted by Crippen LogP contribution is 2.59. The van der Waals surface area contributed by atoms with E-state index in [9.17, 15) is 13.6 Å². The molecule has 3 atom stereocenters. The van der Waals surface area contributed by atoms with Crippen LogP contribution in [0.3, 0.4) is 0 Å². The number of fused-ring (bicyclic) bond motifs is 2. The fourth-order valence-corrected chi connectivity index (χ4v) is 5.25. The number of halogens is 2. The second-order valence-corrected chi connectivity index (χ2v) is 9.40. The van der Waals surface area contributed by atoms with E-state index in [4.69, 9.17) is 0 Å². The number of pyridine rings is 1. The highest BCUT2D eigenvalue weighted by Gasteiger charge is 2.71. The van der Waals surface area contributed by atoms with E-state index in [1.165, 1.54) is 5.56 Å². The Labute approximate surface area is 189 Å². The molecule has 6 rings (SSSR count). The summed E-state index contributed by atoms with van der Waals surface area (Å²) in [5.41, 5.74) is 5.48. The number of aryl methyl sites for hydroxylation is 2. The summed E-state index contributed by atoms with van der Waals surface area (Å²) in [5.74, 6) is -2.97. The molecule has 0 spiro atoms. The van der Waals surface area contributed by atoms with Crippen LogP contribution in [0.1, 0.15) is 51.0 Å². The molecule has 2 fully saturated rings. The number of aromatic nitrogens is 5. The molecule has 0 aromatic carbocycles. The van der Waals surface area contributed by atoms with Gasteiger partial charge in [-0.05, 0) is 43.9 Å². The number of anilines is 1. The molecule has 8 nitrogen and oxygen atoms in total. The molecule has 1 amide bonds.